The van der Waals surface area contributed by atoms with Gasteiger partial charge >= 0.3 is 0 Å². The van der Waals surface area contributed by atoms with Gasteiger partial charge in [-0.05, 0) is 25.3 Å². The molecule has 2 unspecified atom stereocenters. The average molecular weight is 292 g/mol. The van der Waals surface area contributed by atoms with Crippen LogP contribution in [-0.2, 0) is 6.54 Å². The predicted molar refractivity (Wildman–Crippen MR) is 82.1 cm³/mol. The molecule has 0 spiro atoms. The number of hydrogen-bond donors (Lipinski definition) is 2. The lowest BCUT2D eigenvalue weighted by Gasteiger charge is -2.38. The quantitative estimate of drug-likeness (QED) is 0.646. The number of hydrogen-bond acceptors (Lipinski definition) is 4. The zero-order valence-corrected chi connectivity index (χ0v) is 12.8. The lowest BCUT2D eigenvalue weighted by molar-refractivity contribution is -0.385. The molecule has 1 aliphatic carbocycles. The van der Waals surface area contributed by atoms with E-state index in [-0.39, 0.29) is 22.1 Å². The van der Waals surface area contributed by atoms with Gasteiger partial charge in [0.15, 0.2) is 0 Å². The smallest absolute Gasteiger partial charge is 0.272 e. The summed E-state index contributed by atoms with van der Waals surface area (Å²) in [7, 11) is 0. The van der Waals surface area contributed by atoms with Crippen LogP contribution in [-0.4, -0.2) is 22.7 Å². The zero-order valence-electron chi connectivity index (χ0n) is 12.8. The standard InChI is InChI=1S/C16H24N2O3/c1-12-6-7-13(9-14(12)18(20)21)10-17-11-16(2)8-4-3-5-15(16)19/h6-7,9,15,17,19H,3-5,8,10-11H2,1-2H3. The van der Waals surface area contributed by atoms with Gasteiger partial charge in [0.05, 0.1) is 11.0 Å². The third-order valence-corrected chi connectivity index (χ3v) is 4.61. The molecule has 1 fully saturated rings. The molecular weight excluding hydrogens is 268 g/mol. The predicted octanol–water partition coefficient (Wildman–Crippen LogP) is 2.93. The van der Waals surface area contributed by atoms with Crippen LogP contribution in [0.15, 0.2) is 18.2 Å². The maximum Gasteiger partial charge on any atom is 0.272 e. The first kappa shape index (κ1) is 15.9. The number of nitro benzene ring substituents is 1. The number of rotatable bonds is 5. The number of aliphatic hydroxyl groups excluding tert-OH is 1. The molecule has 1 aromatic rings. The van der Waals surface area contributed by atoms with Crippen molar-refractivity contribution in [3.8, 4) is 0 Å². The van der Waals surface area contributed by atoms with Crippen molar-refractivity contribution in [2.45, 2.75) is 52.2 Å². The minimum absolute atomic E-state index is 0.0884. The first-order chi connectivity index (χ1) is 9.92. The Morgan fingerprint density at radius 1 is 1.48 bits per heavy atom. The number of aliphatic hydroxyl groups is 1. The highest BCUT2D eigenvalue weighted by molar-refractivity contribution is 5.42. The lowest BCUT2D eigenvalue weighted by atomic mass is 9.73. The van der Waals surface area contributed by atoms with Crippen LogP contribution >= 0.6 is 0 Å². The van der Waals surface area contributed by atoms with E-state index >= 15 is 0 Å². The minimum Gasteiger partial charge on any atom is -0.393 e. The molecular formula is C16H24N2O3. The van der Waals surface area contributed by atoms with Crippen molar-refractivity contribution in [2.75, 3.05) is 6.54 Å². The van der Waals surface area contributed by atoms with Gasteiger partial charge in [0.1, 0.15) is 0 Å². The highest BCUT2D eigenvalue weighted by Gasteiger charge is 2.34. The van der Waals surface area contributed by atoms with Crippen LogP contribution in [0.5, 0.6) is 0 Å². The Morgan fingerprint density at radius 2 is 2.24 bits per heavy atom. The van der Waals surface area contributed by atoms with Gasteiger partial charge in [0, 0.05) is 30.1 Å². The normalized spacial score (nSPS) is 25.8. The van der Waals surface area contributed by atoms with E-state index < -0.39 is 0 Å². The Morgan fingerprint density at radius 3 is 2.90 bits per heavy atom. The van der Waals surface area contributed by atoms with Gasteiger partial charge in [-0.1, -0.05) is 31.9 Å². The molecule has 1 aliphatic rings. The summed E-state index contributed by atoms with van der Waals surface area (Å²) in [4.78, 5) is 10.6. The Labute approximate surface area is 125 Å². The topological polar surface area (TPSA) is 75.4 Å². The summed E-state index contributed by atoms with van der Waals surface area (Å²) < 4.78 is 0. The van der Waals surface area contributed by atoms with Crippen molar-refractivity contribution in [3.63, 3.8) is 0 Å². The van der Waals surface area contributed by atoms with Gasteiger partial charge < -0.3 is 10.4 Å². The maximum absolute atomic E-state index is 10.9. The molecule has 2 N–H and O–H groups in total. The molecule has 5 nitrogen and oxygen atoms in total. The molecule has 0 heterocycles. The van der Waals surface area contributed by atoms with Gasteiger partial charge in [0.25, 0.3) is 5.69 Å². The summed E-state index contributed by atoms with van der Waals surface area (Å²) in [5, 5.41) is 24.4. The fourth-order valence-electron chi connectivity index (χ4n) is 3.04. The molecule has 0 radical (unpaired) electrons. The Kier molecular flexibility index (Phi) is 4.96. The monoisotopic (exact) mass is 292 g/mol. The largest absolute Gasteiger partial charge is 0.393 e. The summed E-state index contributed by atoms with van der Waals surface area (Å²) in [5.74, 6) is 0. The molecule has 0 aliphatic heterocycles. The summed E-state index contributed by atoms with van der Waals surface area (Å²) in [6, 6.07) is 5.32. The Balaban J connectivity index is 1.94. The van der Waals surface area contributed by atoms with Crippen LogP contribution in [0, 0.1) is 22.5 Å². The number of benzene rings is 1. The van der Waals surface area contributed by atoms with Crippen molar-refractivity contribution < 1.29 is 10.0 Å². The molecule has 21 heavy (non-hydrogen) atoms. The number of nitrogens with zero attached hydrogens (tertiary/aromatic N) is 1. The van der Waals surface area contributed by atoms with Gasteiger partial charge in [-0.25, -0.2) is 0 Å². The number of aryl methyl sites for hydroxylation is 1. The van der Waals surface area contributed by atoms with Crippen LogP contribution < -0.4 is 5.32 Å². The second kappa shape index (κ2) is 6.54. The maximum atomic E-state index is 10.9. The fourth-order valence-corrected chi connectivity index (χ4v) is 3.04. The fraction of sp³-hybridized carbons (Fsp3) is 0.625. The minimum atomic E-state index is -0.342. The SMILES string of the molecule is Cc1ccc(CNCC2(C)CCCCC2O)cc1[N+](=O)[O-]. The first-order valence-corrected chi connectivity index (χ1v) is 7.55. The van der Waals surface area contributed by atoms with Gasteiger partial charge in [-0.3, -0.25) is 10.1 Å². The molecule has 0 saturated heterocycles. The van der Waals surface area contributed by atoms with Crippen LogP contribution in [0.4, 0.5) is 5.69 Å². The second-order valence-electron chi connectivity index (χ2n) is 6.40. The molecule has 2 rings (SSSR count). The summed E-state index contributed by atoms with van der Waals surface area (Å²) in [6.45, 7) is 5.18. The van der Waals surface area contributed by atoms with Crippen molar-refractivity contribution in [3.05, 3.63) is 39.4 Å². The van der Waals surface area contributed by atoms with Gasteiger partial charge in [-0.15, -0.1) is 0 Å². The molecule has 1 aromatic carbocycles. The average Bonchev–Trinajstić information content (AvgIpc) is 2.44. The molecule has 5 heteroatoms. The van der Waals surface area contributed by atoms with Crippen LogP contribution in [0.1, 0.15) is 43.7 Å². The molecule has 0 aromatic heterocycles. The van der Waals surface area contributed by atoms with Gasteiger partial charge in [-0.2, -0.15) is 0 Å². The molecule has 0 bridgehead atoms. The van der Waals surface area contributed by atoms with Gasteiger partial charge in [0.2, 0.25) is 0 Å². The van der Waals surface area contributed by atoms with E-state index in [9.17, 15) is 15.2 Å². The van der Waals surface area contributed by atoms with Crippen LogP contribution in [0.2, 0.25) is 0 Å². The van der Waals surface area contributed by atoms with Crippen molar-refractivity contribution in [1.82, 2.24) is 5.32 Å². The molecule has 1 saturated carbocycles. The summed E-state index contributed by atoms with van der Waals surface area (Å²) >= 11 is 0. The third kappa shape index (κ3) is 3.80. The molecule has 116 valence electrons. The van der Waals surface area contributed by atoms with E-state index in [2.05, 4.69) is 12.2 Å². The van der Waals surface area contributed by atoms with E-state index in [1.807, 2.05) is 6.07 Å². The first-order valence-electron chi connectivity index (χ1n) is 7.55. The highest BCUT2D eigenvalue weighted by atomic mass is 16.6. The van der Waals surface area contributed by atoms with Crippen molar-refractivity contribution in [2.24, 2.45) is 5.41 Å². The Hall–Kier alpha value is -1.46. The molecule has 2 atom stereocenters. The number of nitro groups is 1. The zero-order chi connectivity index (χ0) is 15.5. The van der Waals surface area contributed by atoms with E-state index in [1.54, 1.807) is 19.1 Å². The highest BCUT2D eigenvalue weighted by Crippen LogP contribution is 2.35. The molecule has 0 amide bonds. The summed E-state index contributed by atoms with van der Waals surface area (Å²) in [6.07, 6.45) is 3.89. The Bertz CT molecular complexity index is 518. The number of nitrogens with one attached hydrogen (secondary N) is 1. The lowest BCUT2D eigenvalue weighted by Crippen LogP contribution is -2.43. The van der Waals surface area contributed by atoms with E-state index in [0.717, 1.165) is 37.8 Å². The van der Waals surface area contributed by atoms with Crippen molar-refractivity contribution in [1.29, 1.82) is 0 Å². The second-order valence-corrected chi connectivity index (χ2v) is 6.40. The van der Waals surface area contributed by atoms with Crippen LogP contribution in [0.3, 0.4) is 0 Å². The third-order valence-electron chi connectivity index (χ3n) is 4.61. The van der Waals surface area contributed by atoms with Crippen molar-refractivity contribution >= 4 is 5.69 Å². The van der Waals surface area contributed by atoms with Crippen LogP contribution in [0.25, 0.3) is 0 Å². The summed E-state index contributed by atoms with van der Waals surface area (Å²) in [5.41, 5.74) is 1.66. The van der Waals surface area contributed by atoms with E-state index in [0.29, 0.717) is 12.1 Å². The van der Waals surface area contributed by atoms with E-state index in [4.69, 9.17) is 0 Å². The van der Waals surface area contributed by atoms with E-state index in [1.165, 1.54) is 0 Å².